The summed E-state index contributed by atoms with van der Waals surface area (Å²) in [6, 6.07) is 4.16. The Bertz CT molecular complexity index is 752. The summed E-state index contributed by atoms with van der Waals surface area (Å²) in [7, 11) is 1.81. The molecule has 0 radical (unpaired) electrons. The first-order valence-electron chi connectivity index (χ1n) is 8.53. The number of hydrogen-bond acceptors (Lipinski definition) is 4. The molecule has 28 heavy (non-hydrogen) atoms. The monoisotopic (exact) mass is 418 g/mol. The molecule has 4 N–H and O–H groups in total. The summed E-state index contributed by atoms with van der Waals surface area (Å²) in [4.78, 5) is 13.9. The molecule has 1 saturated heterocycles. The Balaban J connectivity index is 1.97. The number of benzene rings is 1. The fourth-order valence-electron chi connectivity index (χ4n) is 2.51. The molecule has 1 heterocycles. The highest BCUT2D eigenvalue weighted by Gasteiger charge is 2.34. The van der Waals surface area contributed by atoms with Crippen molar-refractivity contribution in [1.29, 1.82) is 5.41 Å². The van der Waals surface area contributed by atoms with Crippen LogP contribution in [0.4, 0.5) is 13.2 Å². The number of ether oxygens (including phenoxy) is 1. The molecule has 1 fully saturated rings. The van der Waals surface area contributed by atoms with Gasteiger partial charge in [-0.1, -0.05) is 12.1 Å². The number of alkyl halides is 4. The first kappa shape index (κ1) is 22.0. The highest BCUT2D eigenvalue weighted by molar-refractivity contribution is 6.21. The van der Waals surface area contributed by atoms with E-state index >= 15 is 0 Å². The molecule has 154 valence electrons. The number of nitrogens with zero attached hydrogens (tertiary/aromatic N) is 1. The lowest BCUT2D eigenvalue weighted by Crippen LogP contribution is -2.42. The summed E-state index contributed by atoms with van der Waals surface area (Å²) in [6.07, 6.45) is -3.34. The van der Waals surface area contributed by atoms with Crippen LogP contribution in [-0.2, 0) is 15.7 Å². The van der Waals surface area contributed by atoms with Gasteiger partial charge in [-0.05, 0) is 44.2 Å². The van der Waals surface area contributed by atoms with Gasteiger partial charge in [0.1, 0.15) is 5.84 Å². The maximum atomic E-state index is 12.6. The Labute approximate surface area is 166 Å². The molecule has 10 heteroatoms. The number of rotatable bonds is 7. The molecular formula is C18H22ClF3N4O2. The number of amidine groups is 1. The van der Waals surface area contributed by atoms with E-state index in [1.807, 2.05) is 4.90 Å². The van der Waals surface area contributed by atoms with E-state index < -0.39 is 29.3 Å². The Morgan fingerprint density at radius 1 is 1.43 bits per heavy atom. The second-order valence-corrected chi connectivity index (χ2v) is 7.12. The minimum atomic E-state index is -4.42. The Morgan fingerprint density at radius 2 is 2.04 bits per heavy atom. The van der Waals surface area contributed by atoms with Crippen molar-refractivity contribution in [3.8, 4) is 0 Å². The molecule has 0 aliphatic carbocycles. The Kier molecular flexibility index (Phi) is 6.95. The zero-order valence-electron chi connectivity index (χ0n) is 15.4. The third kappa shape index (κ3) is 5.62. The maximum absolute atomic E-state index is 12.6. The second kappa shape index (κ2) is 8.83. The molecule has 1 aromatic rings. The summed E-state index contributed by atoms with van der Waals surface area (Å²) in [5, 5.41) is 9.51. The highest BCUT2D eigenvalue weighted by atomic mass is 35.5. The van der Waals surface area contributed by atoms with Crippen LogP contribution < -0.4 is 11.1 Å². The van der Waals surface area contributed by atoms with Crippen molar-refractivity contribution in [3.05, 3.63) is 41.2 Å². The van der Waals surface area contributed by atoms with Gasteiger partial charge in [-0.2, -0.15) is 13.2 Å². The number of nitrogens with two attached hydrogens (primary N) is 1. The van der Waals surface area contributed by atoms with Gasteiger partial charge in [0.15, 0.2) is 12.0 Å². The quantitative estimate of drug-likeness (QED) is 0.275. The highest BCUT2D eigenvalue weighted by Crippen LogP contribution is 2.29. The third-order valence-corrected chi connectivity index (χ3v) is 4.93. The predicted octanol–water partition coefficient (Wildman–Crippen LogP) is 2.77. The third-order valence-electron chi connectivity index (χ3n) is 4.48. The minimum Gasteiger partial charge on any atom is -0.463 e. The lowest BCUT2D eigenvalue weighted by molar-refractivity contribution is -0.137. The van der Waals surface area contributed by atoms with E-state index in [4.69, 9.17) is 27.5 Å². The van der Waals surface area contributed by atoms with Crippen LogP contribution >= 0.6 is 11.6 Å². The van der Waals surface area contributed by atoms with E-state index in [1.165, 1.54) is 18.2 Å². The maximum Gasteiger partial charge on any atom is 0.416 e. The van der Waals surface area contributed by atoms with E-state index in [1.54, 1.807) is 14.0 Å². The molecule has 0 bridgehead atoms. The molecule has 0 saturated carbocycles. The molecule has 3 unspecified atom stereocenters. The SMILES string of the molecule is CC(C(=N)N)N(C)CCC(Cl)C1NC(=O)/C(=C/c2ccc(C(F)(F)F)cc2)O1. The largest absolute Gasteiger partial charge is 0.463 e. The van der Waals surface area contributed by atoms with E-state index in [-0.39, 0.29) is 17.6 Å². The van der Waals surface area contributed by atoms with Gasteiger partial charge in [0.2, 0.25) is 0 Å². The van der Waals surface area contributed by atoms with Gasteiger partial charge in [0.25, 0.3) is 5.91 Å². The van der Waals surface area contributed by atoms with Gasteiger partial charge in [-0.3, -0.25) is 15.1 Å². The molecule has 6 nitrogen and oxygen atoms in total. The van der Waals surface area contributed by atoms with Gasteiger partial charge in [-0.25, -0.2) is 0 Å². The number of nitrogens with one attached hydrogen (secondary N) is 2. The van der Waals surface area contributed by atoms with Crippen LogP contribution in [0, 0.1) is 5.41 Å². The lowest BCUT2D eigenvalue weighted by Gasteiger charge is -2.25. The summed E-state index contributed by atoms with van der Waals surface area (Å²) in [5.74, 6) is -0.456. The molecule has 1 amide bonds. The molecular weight excluding hydrogens is 397 g/mol. The van der Waals surface area contributed by atoms with Crippen LogP contribution in [0.1, 0.15) is 24.5 Å². The van der Waals surface area contributed by atoms with Crippen LogP contribution in [0.5, 0.6) is 0 Å². The Morgan fingerprint density at radius 3 is 2.57 bits per heavy atom. The number of carbonyl (C=O) groups is 1. The van der Waals surface area contributed by atoms with Crippen LogP contribution in [0.2, 0.25) is 0 Å². The van der Waals surface area contributed by atoms with Crippen LogP contribution in [-0.4, -0.2) is 47.9 Å². The van der Waals surface area contributed by atoms with Crippen LogP contribution in [0.3, 0.4) is 0 Å². The summed E-state index contributed by atoms with van der Waals surface area (Å²) < 4.78 is 43.4. The van der Waals surface area contributed by atoms with Gasteiger partial charge >= 0.3 is 6.18 Å². The van der Waals surface area contributed by atoms with Crippen molar-refractivity contribution in [2.45, 2.75) is 37.2 Å². The smallest absolute Gasteiger partial charge is 0.416 e. The zero-order chi connectivity index (χ0) is 21.1. The van der Waals surface area contributed by atoms with Gasteiger partial charge in [-0.15, -0.1) is 11.6 Å². The Hall–Kier alpha value is -2.26. The number of likely N-dealkylation sites (N-methyl/N-ethyl adjacent to an activating group) is 1. The second-order valence-electron chi connectivity index (χ2n) is 6.56. The summed E-state index contributed by atoms with van der Waals surface area (Å²) in [6.45, 7) is 2.33. The first-order valence-corrected chi connectivity index (χ1v) is 8.97. The lowest BCUT2D eigenvalue weighted by atomic mass is 10.1. The van der Waals surface area contributed by atoms with Crippen molar-refractivity contribution < 1.29 is 22.7 Å². The molecule has 3 atom stereocenters. The van der Waals surface area contributed by atoms with E-state index in [2.05, 4.69) is 5.32 Å². The van der Waals surface area contributed by atoms with Crippen molar-refractivity contribution in [1.82, 2.24) is 10.2 Å². The molecule has 0 spiro atoms. The van der Waals surface area contributed by atoms with Crippen molar-refractivity contribution >= 4 is 29.4 Å². The van der Waals surface area contributed by atoms with E-state index in [0.29, 0.717) is 18.5 Å². The summed E-state index contributed by atoms with van der Waals surface area (Å²) in [5.41, 5.74) is 5.10. The predicted molar refractivity (Wildman–Crippen MR) is 101 cm³/mol. The molecule has 2 rings (SSSR count). The average molecular weight is 419 g/mol. The number of amides is 1. The summed E-state index contributed by atoms with van der Waals surface area (Å²) >= 11 is 6.32. The van der Waals surface area contributed by atoms with Crippen LogP contribution in [0.15, 0.2) is 30.0 Å². The van der Waals surface area contributed by atoms with Gasteiger partial charge in [0, 0.05) is 6.54 Å². The standard InChI is InChI=1S/C18H22ClF3N4O2/c1-10(15(23)24)26(2)8-7-13(19)17-25-16(27)14(28-17)9-11-3-5-12(6-4-11)18(20,21)22/h3-6,9-10,13,17H,7-8H2,1-2H3,(H3,23,24)(H,25,27)/b14-9-. The number of carbonyl (C=O) groups excluding carboxylic acids is 1. The molecule has 1 aromatic carbocycles. The van der Waals surface area contributed by atoms with E-state index in [0.717, 1.165) is 12.1 Å². The van der Waals surface area contributed by atoms with Crippen LogP contribution in [0.25, 0.3) is 6.08 Å². The fourth-order valence-corrected chi connectivity index (χ4v) is 2.73. The zero-order valence-corrected chi connectivity index (χ0v) is 16.1. The fraction of sp³-hybridized carbons (Fsp3) is 0.444. The van der Waals surface area contributed by atoms with Crippen molar-refractivity contribution in [2.24, 2.45) is 5.73 Å². The minimum absolute atomic E-state index is 0.0131. The molecule has 1 aliphatic heterocycles. The van der Waals surface area contributed by atoms with Gasteiger partial charge < -0.3 is 15.8 Å². The molecule has 1 aliphatic rings. The first-order chi connectivity index (χ1) is 13.0. The number of hydrogen-bond donors (Lipinski definition) is 3. The van der Waals surface area contributed by atoms with E-state index in [9.17, 15) is 18.0 Å². The molecule has 0 aromatic heterocycles. The van der Waals surface area contributed by atoms with Crippen molar-refractivity contribution in [3.63, 3.8) is 0 Å². The topological polar surface area (TPSA) is 91.4 Å². The number of halogens is 4. The normalized spacial score (nSPS) is 20.8. The van der Waals surface area contributed by atoms with Crippen molar-refractivity contribution in [2.75, 3.05) is 13.6 Å². The van der Waals surface area contributed by atoms with Gasteiger partial charge in [0.05, 0.1) is 17.0 Å². The average Bonchev–Trinajstić information content (AvgIpc) is 2.99.